The molecule has 1 heterocycles. The minimum atomic E-state index is -0.143. The number of nitrogen functional groups attached to an aromatic ring is 1. The zero-order chi connectivity index (χ0) is 15.6. The monoisotopic (exact) mass is 292 g/mol. The Kier molecular flexibility index (Phi) is 4.71. The van der Waals surface area contributed by atoms with Crippen LogP contribution in [-0.4, -0.2) is 16.1 Å². The lowest BCUT2D eigenvalue weighted by Crippen LogP contribution is -2.30. The smallest absolute Gasteiger partial charge is 0.222 e. The fraction of sp³-hybridized carbons (Fsp3) is 0.750. The molecule has 118 valence electrons. The maximum atomic E-state index is 6.23. The number of hydrogen-bond donors (Lipinski definition) is 2. The molecule has 0 aliphatic heterocycles. The van der Waals surface area contributed by atoms with Crippen LogP contribution in [0.5, 0.6) is 5.88 Å². The van der Waals surface area contributed by atoms with Gasteiger partial charge in [0.1, 0.15) is 11.9 Å². The average molecular weight is 292 g/mol. The average Bonchev–Trinajstić information content (AvgIpc) is 2.42. The van der Waals surface area contributed by atoms with Gasteiger partial charge in [-0.05, 0) is 32.1 Å². The van der Waals surface area contributed by atoms with Gasteiger partial charge in [-0.15, -0.1) is 0 Å². The van der Waals surface area contributed by atoms with E-state index in [2.05, 4.69) is 43.1 Å². The van der Waals surface area contributed by atoms with Gasteiger partial charge in [-0.1, -0.05) is 34.1 Å². The van der Waals surface area contributed by atoms with Crippen LogP contribution in [0.15, 0.2) is 0 Å². The number of nitrogens with zero attached hydrogens (tertiary/aromatic N) is 2. The minimum Gasteiger partial charge on any atom is -0.474 e. The number of hydrogen-bond acceptors (Lipinski definition) is 5. The molecule has 2 rings (SSSR count). The second kappa shape index (κ2) is 6.18. The van der Waals surface area contributed by atoms with Crippen molar-refractivity contribution < 1.29 is 4.74 Å². The topological polar surface area (TPSA) is 73.1 Å². The Morgan fingerprint density at radius 2 is 1.86 bits per heavy atom. The van der Waals surface area contributed by atoms with E-state index in [1.807, 2.05) is 6.92 Å². The Morgan fingerprint density at radius 1 is 1.19 bits per heavy atom. The highest BCUT2D eigenvalue weighted by atomic mass is 16.5. The molecule has 1 aliphatic rings. The van der Waals surface area contributed by atoms with Crippen LogP contribution in [0.25, 0.3) is 0 Å². The van der Waals surface area contributed by atoms with Gasteiger partial charge in [0, 0.05) is 5.41 Å². The molecule has 2 atom stereocenters. The second-order valence-corrected chi connectivity index (χ2v) is 7.14. The summed E-state index contributed by atoms with van der Waals surface area (Å²) in [5, 5.41) is 0. The van der Waals surface area contributed by atoms with E-state index in [0.717, 1.165) is 17.8 Å². The van der Waals surface area contributed by atoms with Crippen LogP contribution in [0.2, 0.25) is 0 Å². The summed E-state index contributed by atoms with van der Waals surface area (Å²) < 4.78 is 6.23. The van der Waals surface area contributed by atoms with E-state index in [0.29, 0.717) is 17.6 Å². The molecule has 1 saturated carbocycles. The van der Waals surface area contributed by atoms with Crippen molar-refractivity contribution in [2.75, 3.05) is 5.43 Å². The number of nitrogens with one attached hydrogen (secondary N) is 1. The van der Waals surface area contributed by atoms with Gasteiger partial charge in [-0.2, -0.15) is 4.98 Å². The van der Waals surface area contributed by atoms with Gasteiger partial charge in [0.2, 0.25) is 5.88 Å². The van der Waals surface area contributed by atoms with E-state index in [1.54, 1.807) is 0 Å². The van der Waals surface area contributed by atoms with Crippen LogP contribution in [0.4, 0.5) is 5.82 Å². The molecule has 1 aromatic rings. The van der Waals surface area contributed by atoms with E-state index < -0.39 is 0 Å². The van der Waals surface area contributed by atoms with Crippen LogP contribution >= 0.6 is 0 Å². The number of hydrazine groups is 1. The van der Waals surface area contributed by atoms with E-state index in [9.17, 15) is 0 Å². The third kappa shape index (κ3) is 3.64. The van der Waals surface area contributed by atoms with Crippen molar-refractivity contribution in [3.8, 4) is 5.88 Å². The lowest BCUT2D eigenvalue weighted by molar-refractivity contribution is 0.0961. The Hall–Kier alpha value is -1.36. The molecule has 0 amide bonds. The molecule has 5 heteroatoms. The Bertz CT molecular complexity index is 496. The summed E-state index contributed by atoms with van der Waals surface area (Å²) in [5.74, 6) is 8.23. The molecule has 0 aromatic carbocycles. The summed E-state index contributed by atoms with van der Waals surface area (Å²) in [6, 6.07) is 0. The van der Waals surface area contributed by atoms with Crippen molar-refractivity contribution in [1.82, 2.24) is 9.97 Å². The molecule has 1 aliphatic carbocycles. The van der Waals surface area contributed by atoms with Crippen LogP contribution < -0.4 is 16.0 Å². The fourth-order valence-corrected chi connectivity index (χ4v) is 2.69. The van der Waals surface area contributed by atoms with Crippen LogP contribution in [0.3, 0.4) is 0 Å². The third-order valence-electron chi connectivity index (χ3n) is 4.20. The molecule has 0 bridgehead atoms. The summed E-state index contributed by atoms with van der Waals surface area (Å²) in [4.78, 5) is 9.16. The standard InChI is InChI=1S/C16H28N4O/c1-10-8-6-7-9-12(10)21-14-11(2)13(20-17)18-15(19-14)16(3,4)5/h10,12H,6-9,17H2,1-5H3,(H,18,19,20). The van der Waals surface area contributed by atoms with Gasteiger partial charge in [0.25, 0.3) is 0 Å². The zero-order valence-electron chi connectivity index (χ0n) is 13.9. The molecule has 0 radical (unpaired) electrons. The predicted molar refractivity (Wildman–Crippen MR) is 85.3 cm³/mol. The van der Waals surface area contributed by atoms with E-state index in [-0.39, 0.29) is 11.5 Å². The van der Waals surface area contributed by atoms with Crippen LogP contribution in [0.1, 0.15) is 64.8 Å². The molecule has 1 aromatic heterocycles. The van der Waals surface area contributed by atoms with Gasteiger partial charge in [0.05, 0.1) is 5.56 Å². The van der Waals surface area contributed by atoms with Crippen LogP contribution in [0, 0.1) is 12.8 Å². The molecule has 21 heavy (non-hydrogen) atoms. The molecule has 5 nitrogen and oxygen atoms in total. The number of rotatable bonds is 3. The van der Waals surface area contributed by atoms with Gasteiger partial charge in [0.15, 0.2) is 5.82 Å². The summed E-state index contributed by atoms with van der Waals surface area (Å²) in [6.07, 6.45) is 5.09. The second-order valence-electron chi connectivity index (χ2n) is 7.14. The highest BCUT2D eigenvalue weighted by Crippen LogP contribution is 2.32. The zero-order valence-corrected chi connectivity index (χ0v) is 13.9. The van der Waals surface area contributed by atoms with Crippen molar-refractivity contribution in [3.05, 3.63) is 11.4 Å². The molecular formula is C16H28N4O. The van der Waals surface area contributed by atoms with Gasteiger partial charge >= 0.3 is 0 Å². The maximum Gasteiger partial charge on any atom is 0.222 e. The number of ether oxygens (including phenoxy) is 1. The van der Waals surface area contributed by atoms with E-state index >= 15 is 0 Å². The Labute approximate surface area is 127 Å². The van der Waals surface area contributed by atoms with E-state index in [4.69, 9.17) is 10.6 Å². The summed E-state index contributed by atoms with van der Waals surface area (Å²) in [6.45, 7) is 10.5. The van der Waals surface area contributed by atoms with Gasteiger partial charge in [-0.25, -0.2) is 10.8 Å². The van der Waals surface area contributed by atoms with Gasteiger partial charge < -0.3 is 10.2 Å². The quantitative estimate of drug-likeness (QED) is 0.660. The molecular weight excluding hydrogens is 264 g/mol. The summed E-state index contributed by atoms with van der Waals surface area (Å²) in [5.41, 5.74) is 3.40. The molecule has 0 spiro atoms. The summed E-state index contributed by atoms with van der Waals surface area (Å²) in [7, 11) is 0. The minimum absolute atomic E-state index is 0.143. The van der Waals surface area contributed by atoms with Crippen molar-refractivity contribution in [1.29, 1.82) is 0 Å². The van der Waals surface area contributed by atoms with Crippen molar-refractivity contribution in [2.45, 2.75) is 71.8 Å². The van der Waals surface area contributed by atoms with Gasteiger partial charge in [-0.3, -0.25) is 0 Å². The van der Waals surface area contributed by atoms with Crippen molar-refractivity contribution >= 4 is 5.82 Å². The van der Waals surface area contributed by atoms with Crippen LogP contribution in [-0.2, 0) is 5.41 Å². The first kappa shape index (κ1) is 16.0. The first-order valence-electron chi connectivity index (χ1n) is 7.85. The molecule has 0 saturated heterocycles. The lowest BCUT2D eigenvalue weighted by atomic mass is 9.88. The Balaban J connectivity index is 2.33. The largest absolute Gasteiger partial charge is 0.474 e. The highest BCUT2D eigenvalue weighted by molar-refractivity contribution is 5.48. The lowest BCUT2D eigenvalue weighted by Gasteiger charge is -2.30. The maximum absolute atomic E-state index is 6.23. The van der Waals surface area contributed by atoms with Crippen molar-refractivity contribution in [3.63, 3.8) is 0 Å². The van der Waals surface area contributed by atoms with E-state index in [1.165, 1.54) is 19.3 Å². The number of aromatic nitrogens is 2. The number of nitrogens with two attached hydrogens (primary N) is 1. The predicted octanol–water partition coefficient (Wildman–Crippen LogP) is 3.33. The third-order valence-corrected chi connectivity index (χ3v) is 4.20. The SMILES string of the molecule is Cc1c(NN)nc(C(C)(C)C)nc1OC1CCCCC1C. The summed E-state index contributed by atoms with van der Waals surface area (Å²) >= 11 is 0. The fourth-order valence-electron chi connectivity index (χ4n) is 2.69. The normalized spacial score (nSPS) is 23.0. The molecule has 1 fully saturated rings. The molecule has 2 unspecified atom stereocenters. The molecule has 3 N–H and O–H groups in total. The first-order valence-corrected chi connectivity index (χ1v) is 7.85. The van der Waals surface area contributed by atoms with Crippen molar-refractivity contribution in [2.24, 2.45) is 11.8 Å². The number of anilines is 1. The highest BCUT2D eigenvalue weighted by Gasteiger charge is 2.26. The Morgan fingerprint density at radius 3 is 2.43 bits per heavy atom. The first-order chi connectivity index (χ1) is 9.82.